The number of aliphatic hydroxyl groups is 1. The Hall–Kier alpha value is -2.47. The van der Waals surface area contributed by atoms with Gasteiger partial charge in [-0.1, -0.05) is 6.92 Å². The van der Waals surface area contributed by atoms with Gasteiger partial charge in [0.05, 0.1) is 24.2 Å². The molecule has 0 fully saturated rings. The summed E-state index contributed by atoms with van der Waals surface area (Å²) >= 11 is 0. The maximum atomic E-state index is 12.9. The highest BCUT2D eigenvalue weighted by atomic mass is 19.1. The van der Waals surface area contributed by atoms with Crippen molar-refractivity contribution in [3.05, 3.63) is 65.6 Å². The molecule has 1 aromatic carbocycles. The first kappa shape index (κ1) is 15.9. The van der Waals surface area contributed by atoms with Crippen LogP contribution in [-0.2, 0) is 0 Å². The largest absolute Gasteiger partial charge is 0.394 e. The summed E-state index contributed by atoms with van der Waals surface area (Å²) in [5.41, 5.74) is 7.59. The Labute approximate surface area is 129 Å². The van der Waals surface area contributed by atoms with Crippen LogP contribution >= 0.6 is 0 Å². The molecular formula is C16H21FN4O. The van der Waals surface area contributed by atoms with Crippen molar-refractivity contribution in [2.24, 2.45) is 5.73 Å². The van der Waals surface area contributed by atoms with Gasteiger partial charge in [0, 0.05) is 6.20 Å². The Bertz CT molecular complexity index is 589. The third-order valence-electron chi connectivity index (χ3n) is 3.31. The van der Waals surface area contributed by atoms with Gasteiger partial charge in [0.15, 0.2) is 0 Å². The van der Waals surface area contributed by atoms with Crippen LogP contribution in [0.3, 0.4) is 0 Å². The molecule has 5 nitrogen and oxygen atoms in total. The van der Waals surface area contributed by atoms with Crippen LogP contribution < -0.4 is 21.7 Å². The standard InChI is InChI=1S/C16H21FN4O/c1-2-13(10-22)20-15(18)7-8-16-19-9-14(21-16)11-3-5-12(17)6-4-11/h3-9,13,19-22H,2,10,18H2,1H3/b15-7+,16-8-. The zero-order valence-corrected chi connectivity index (χ0v) is 12.4. The number of aliphatic hydroxyl groups excluding tert-OH is 1. The average molecular weight is 304 g/mol. The molecule has 0 saturated carbocycles. The molecule has 1 unspecified atom stereocenters. The molecule has 22 heavy (non-hydrogen) atoms. The second kappa shape index (κ2) is 7.51. The number of nitrogens with one attached hydrogen (secondary N) is 3. The molecule has 1 heterocycles. The highest BCUT2D eigenvalue weighted by molar-refractivity contribution is 5.67. The third-order valence-corrected chi connectivity index (χ3v) is 3.31. The van der Waals surface area contributed by atoms with Gasteiger partial charge in [-0.3, -0.25) is 0 Å². The van der Waals surface area contributed by atoms with E-state index in [-0.39, 0.29) is 18.5 Å². The maximum Gasteiger partial charge on any atom is 0.123 e. The summed E-state index contributed by atoms with van der Waals surface area (Å²) in [7, 11) is 0. The van der Waals surface area contributed by atoms with Crippen LogP contribution in [-0.4, -0.2) is 17.8 Å². The van der Waals surface area contributed by atoms with Crippen LogP contribution in [0.25, 0.3) is 5.70 Å². The molecule has 6 N–H and O–H groups in total. The van der Waals surface area contributed by atoms with Gasteiger partial charge in [-0.25, -0.2) is 4.39 Å². The predicted molar refractivity (Wildman–Crippen MR) is 85.3 cm³/mol. The second-order valence-electron chi connectivity index (χ2n) is 4.97. The fourth-order valence-electron chi connectivity index (χ4n) is 1.98. The lowest BCUT2D eigenvalue weighted by Gasteiger charge is -2.14. The number of benzene rings is 1. The zero-order chi connectivity index (χ0) is 15.9. The van der Waals surface area contributed by atoms with E-state index in [1.54, 1.807) is 30.5 Å². The number of nitrogens with two attached hydrogens (primary N) is 1. The lowest BCUT2D eigenvalue weighted by atomic mass is 10.2. The van der Waals surface area contributed by atoms with Gasteiger partial charge < -0.3 is 26.8 Å². The third kappa shape index (κ3) is 4.26. The molecule has 0 saturated heterocycles. The summed E-state index contributed by atoms with van der Waals surface area (Å²) in [4.78, 5) is 0. The van der Waals surface area contributed by atoms with Crippen molar-refractivity contribution in [2.75, 3.05) is 6.61 Å². The SMILES string of the molecule is CCC(CO)N/C(N)=C/C=C1/NC=C(c2ccc(F)cc2)N1. The number of rotatable bonds is 6. The van der Waals surface area contributed by atoms with Crippen LogP contribution in [0.2, 0.25) is 0 Å². The fraction of sp³-hybridized carbons (Fsp3) is 0.250. The molecule has 0 aliphatic carbocycles. The monoisotopic (exact) mass is 304 g/mol. The van der Waals surface area contributed by atoms with Crippen LogP contribution in [0.5, 0.6) is 0 Å². The average Bonchev–Trinajstić information content (AvgIpc) is 3.00. The summed E-state index contributed by atoms with van der Waals surface area (Å²) in [5, 5.41) is 18.4. The van der Waals surface area contributed by atoms with E-state index in [1.165, 1.54) is 12.1 Å². The van der Waals surface area contributed by atoms with Gasteiger partial charge in [-0.15, -0.1) is 0 Å². The van der Waals surface area contributed by atoms with Gasteiger partial charge in [0.25, 0.3) is 0 Å². The Kier molecular flexibility index (Phi) is 5.43. The first-order chi connectivity index (χ1) is 10.6. The van der Waals surface area contributed by atoms with Gasteiger partial charge in [-0.05, 0) is 48.4 Å². The molecular weight excluding hydrogens is 283 g/mol. The zero-order valence-electron chi connectivity index (χ0n) is 12.4. The molecule has 0 aromatic heterocycles. The topological polar surface area (TPSA) is 82.3 Å². The van der Waals surface area contributed by atoms with E-state index in [4.69, 9.17) is 10.8 Å². The number of allylic oxidation sites excluding steroid dienone is 2. The minimum atomic E-state index is -0.262. The molecule has 118 valence electrons. The molecule has 0 radical (unpaired) electrons. The highest BCUT2D eigenvalue weighted by Gasteiger charge is 2.10. The van der Waals surface area contributed by atoms with Crippen LogP contribution in [0, 0.1) is 5.82 Å². The molecule has 0 bridgehead atoms. The minimum Gasteiger partial charge on any atom is -0.394 e. The molecule has 0 spiro atoms. The van der Waals surface area contributed by atoms with E-state index in [1.807, 2.05) is 6.92 Å². The van der Waals surface area contributed by atoms with Crippen molar-refractivity contribution in [1.29, 1.82) is 0 Å². The Morgan fingerprint density at radius 1 is 1.41 bits per heavy atom. The lowest BCUT2D eigenvalue weighted by molar-refractivity contribution is 0.246. The van der Waals surface area contributed by atoms with Gasteiger partial charge in [-0.2, -0.15) is 0 Å². The molecule has 2 rings (SSSR count). The van der Waals surface area contributed by atoms with Crippen LogP contribution in [0.1, 0.15) is 18.9 Å². The van der Waals surface area contributed by atoms with Crippen LogP contribution in [0.15, 0.2) is 54.3 Å². The quantitative estimate of drug-likeness (QED) is 0.547. The van der Waals surface area contributed by atoms with Crippen molar-refractivity contribution in [2.45, 2.75) is 19.4 Å². The molecule has 6 heteroatoms. The first-order valence-corrected chi connectivity index (χ1v) is 7.17. The second-order valence-corrected chi connectivity index (χ2v) is 4.97. The Morgan fingerprint density at radius 3 is 2.77 bits per heavy atom. The lowest BCUT2D eigenvalue weighted by Crippen LogP contribution is -2.34. The Balaban J connectivity index is 1.95. The number of hydrogen-bond acceptors (Lipinski definition) is 5. The van der Waals surface area contributed by atoms with Gasteiger partial charge in [0.1, 0.15) is 11.6 Å². The van der Waals surface area contributed by atoms with Gasteiger partial charge in [0.2, 0.25) is 0 Å². The highest BCUT2D eigenvalue weighted by Crippen LogP contribution is 2.16. The van der Waals surface area contributed by atoms with Crippen LogP contribution in [0.4, 0.5) is 4.39 Å². The number of hydrogen-bond donors (Lipinski definition) is 5. The van der Waals surface area contributed by atoms with E-state index < -0.39 is 0 Å². The first-order valence-electron chi connectivity index (χ1n) is 7.17. The molecule has 1 aliphatic heterocycles. The summed E-state index contributed by atoms with van der Waals surface area (Å²) in [6, 6.07) is 6.20. The maximum absolute atomic E-state index is 12.9. The predicted octanol–water partition coefficient (Wildman–Crippen LogP) is 1.32. The van der Waals surface area contributed by atoms with E-state index >= 15 is 0 Å². The van der Waals surface area contributed by atoms with Crippen molar-refractivity contribution >= 4 is 5.70 Å². The van der Waals surface area contributed by atoms with Crippen molar-refractivity contribution in [3.8, 4) is 0 Å². The normalized spacial score (nSPS) is 17.7. The van der Waals surface area contributed by atoms with Crippen molar-refractivity contribution < 1.29 is 9.50 Å². The minimum absolute atomic E-state index is 0.0361. The van der Waals surface area contributed by atoms with Crippen molar-refractivity contribution in [1.82, 2.24) is 16.0 Å². The summed E-state index contributed by atoms with van der Waals surface area (Å²) in [6.45, 7) is 2.01. The molecule has 1 atom stereocenters. The smallest absolute Gasteiger partial charge is 0.123 e. The fourth-order valence-corrected chi connectivity index (χ4v) is 1.98. The number of halogens is 1. The molecule has 0 amide bonds. The van der Waals surface area contributed by atoms with E-state index in [9.17, 15) is 4.39 Å². The van der Waals surface area contributed by atoms with E-state index in [0.29, 0.717) is 5.82 Å². The molecule has 1 aliphatic rings. The summed E-state index contributed by atoms with van der Waals surface area (Å²) in [6.07, 6.45) is 6.10. The molecule has 1 aromatic rings. The van der Waals surface area contributed by atoms with E-state index in [2.05, 4.69) is 16.0 Å². The summed E-state index contributed by atoms with van der Waals surface area (Å²) < 4.78 is 12.9. The Morgan fingerprint density at radius 2 is 2.14 bits per heavy atom. The summed E-state index contributed by atoms with van der Waals surface area (Å²) in [5.74, 6) is 0.982. The van der Waals surface area contributed by atoms with Gasteiger partial charge >= 0.3 is 0 Å². The van der Waals surface area contributed by atoms with E-state index in [0.717, 1.165) is 23.5 Å². The van der Waals surface area contributed by atoms with Crippen molar-refractivity contribution in [3.63, 3.8) is 0 Å².